The van der Waals surface area contributed by atoms with Crippen LogP contribution in [-0.2, 0) is 54.4 Å². The van der Waals surface area contributed by atoms with Gasteiger partial charge in [-0.25, -0.2) is 4.98 Å². The number of carbonyl (C=O) groups is 10. The smallest absolute Gasteiger partial charge is 0.305 e. The van der Waals surface area contributed by atoms with E-state index < -0.39 is 151 Å². The van der Waals surface area contributed by atoms with Gasteiger partial charge in [0, 0.05) is 30.1 Å². The molecule has 0 saturated carbocycles. The standard InChI is InChI=1S/C42H72N14O13/c1-21(2)12-27(56-42(6,7)8)38(68)54-28(18-57)34(64)48-17-31(60)50-23(10-9-11-47-40(44)45)35(65)55-29(19-58)39(69)53-26(15-32(61)62)37(67)52-25(14-30(43)59)36(66)51-24(33(63)41(3,4)5)13-22-16-46-20-49-22/h16,20-21,23-29,56-58H,9-15,17-19H2,1-8H3,(H2,43,59)(H,46,49)(H,48,64)(H,50,60)(H,51,66)(H,52,67)(H,53,69)(H,54,68)(H,55,65)(H,61,62)(H4,44,45,47)/t23-,24-,25+,26-,27+,28-,29+/m1/s1. The van der Waals surface area contributed by atoms with Crippen molar-refractivity contribution in [2.24, 2.45) is 22.8 Å². The van der Waals surface area contributed by atoms with E-state index >= 15 is 0 Å². The predicted molar refractivity (Wildman–Crippen MR) is 247 cm³/mol. The number of nitrogens with zero attached hydrogens (tertiary/aromatic N) is 1. The molecule has 0 unspecified atom stereocenters. The third-order valence-electron chi connectivity index (χ3n) is 9.71. The number of H-pyrrole nitrogens is 1. The van der Waals surface area contributed by atoms with E-state index in [1.807, 2.05) is 34.6 Å². The van der Waals surface area contributed by atoms with Gasteiger partial charge in [-0.3, -0.25) is 53.4 Å². The first-order valence-corrected chi connectivity index (χ1v) is 22.2. The van der Waals surface area contributed by atoms with Gasteiger partial charge in [0.2, 0.25) is 47.3 Å². The number of rotatable bonds is 30. The highest BCUT2D eigenvalue weighted by Gasteiger charge is 2.36. The van der Waals surface area contributed by atoms with Crippen molar-refractivity contribution < 1.29 is 63.3 Å². The summed E-state index contributed by atoms with van der Waals surface area (Å²) >= 11 is 0. The number of aliphatic hydroxyl groups excluding tert-OH is 2. The Hall–Kier alpha value is -6.74. The minimum atomic E-state index is -2.00. The molecule has 0 saturated heterocycles. The number of primary amides is 1. The minimum Gasteiger partial charge on any atom is -0.481 e. The van der Waals surface area contributed by atoms with Crippen LogP contribution in [0.15, 0.2) is 12.5 Å². The second-order valence-electron chi connectivity index (χ2n) is 18.7. The number of amides is 8. The number of ketones is 1. The summed E-state index contributed by atoms with van der Waals surface area (Å²) < 4.78 is 0. The number of guanidine groups is 1. The molecule has 0 fully saturated rings. The van der Waals surface area contributed by atoms with Gasteiger partial charge in [-0.1, -0.05) is 34.6 Å². The lowest BCUT2D eigenvalue weighted by molar-refractivity contribution is -0.142. The molecule has 388 valence electrons. The lowest BCUT2D eigenvalue weighted by Crippen LogP contribution is -2.60. The number of carboxylic acids is 1. The molecule has 8 amide bonds. The van der Waals surface area contributed by atoms with Crippen molar-refractivity contribution in [3.05, 3.63) is 18.2 Å². The first-order chi connectivity index (χ1) is 32.0. The van der Waals surface area contributed by atoms with Crippen molar-refractivity contribution in [3.8, 4) is 0 Å². The molecule has 0 aliphatic carbocycles. The van der Waals surface area contributed by atoms with Crippen molar-refractivity contribution in [1.29, 1.82) is 5.41 Å². The fourth-order valence-electron chi connectivity index (χ4n) is 6.45. The summed E-state index contributed by atoms with van der Waals surface area (Å²) in [6, 6.07) is -10.6. The van der Waals surface area contributed by atoms with E-state index in [-0.39, 0.29) is 31.7 Å². The maximum atomic E-state index is 13.6. The van der Waals surface area contributed by atoms with Gasteiger partial charge >= 0.3 is 5.97 Å². The monoisotopic (exact) mass is 981 g/mol. The Morgan fingerprint density at radius 1 is 0.681 bits per heavy atom. The topological polar surface area (TPSA) is 444 Å². The van der Waals surface area contributed by atoms with Crippen molar-refractivity contribution in [1.82, 2.24) is 57.8 Å². The number of nitrogens with two attached hydrogens (primary N) is 2. The molecule has 1 aromatic rings. The van der Waals surface area contributed by atoms with Crippen LogP contribution in [-0.4, -0.2) is 164 Å². The molecule has 27 heteroatoms. The molecular formula is C42H72N14O13. The highest BCUT2D eigenvalue weighted by Crippen LogP contribution is 2.19. The Morgan fingerprint density at radius 2 is 1.17 bits per heavy atom. The lowest BCUT2D eigenvalue weighted by Gasteiger charge is -2.30. The Morgan fingerprint density at radius 3 is 1.64 bits per heavy atom. The number of aromatic nitrogens is 2. The molecule has 1 rings (SSSR count). The van der Waals surface area contributed by atoms with Crippen LogP contribution in [0.1, 0.15) is 93.2 Å². The van der Waals surface area contributed by atoms with Gasteiger partial charge in [-0.2, -0.15) is 0 Å². The molecule has 18 N–H and O–H groups in total. The average molecular weight is 981 g/mol. The fourth-order valence-corrected chi connectivity index (χ4v) is 6.45. The quantitative estimate of drug-likeness (QED) is 0.0195. The summed E-state index contributed by atoms with van der Waals surface area (Å²) in [6.45, 7) is 11.5. The number of hydrogen-bond acceptors (Lipinski definition) is 15. The number of aromatic amines is 1. The van der Waals surface area contributed by atoms with E-state index in [0.29, 0.717) is 12.1 Å². The third kappa shape index (κ3) is 23.7. The maximum absolute atomic E-state index is 13.6. The van der Waals surface area contributed by atoms with Crippen LogP contribution in [0.2, 0.25) is 0 Å². The van der Waals surface area contributed by atoms with Gasteiger partial charge < -0.3 is 79.6 Å². The van der Waals surface area contributed by atoms with E-state index in [4.69, 9.17) is 16.9 Å². The number of aliphatic hydroxyl groups is 2. The van der Waals surface area contributed by atoms with E-state index in [2.05, 4.69) is 57.8 Å². The number of hydrogen-bond donors (Lipinski definition) is 16. The average Bonchev–Trinajstić information content (AvgIpc) is 3.75. The summed E-state index contributed by atoms with van der Waals surface area (Å²) in [5, 5.41) is 58.8. The number of carboxylic acid groups (broad SMARTS) is 1. The number of imidazole rings is 1. The van der Waals surface area contributed by atoms with E-state index in [1.54, 1.807) is 20.8 Å². The third-order valence-corrected chi connectivity index (χ3v) is 9.71. The zero-order valence-electron chi connectivity index (χ0n) is 40.4. The highest BCUT2D eigenvalue weighted by molar-refractivity contribution is 6.00. The Labute approximate surface area is 399 Å². The largest absolute Gasteiger partial charge is 0.481 e. The summed E-state index contributed by atoms with van der Waals surface area (Å²) in [5.41, 5.74) is 9.62. The number of aliphatic carboxylic acids is 1. The molecule has 1 heterocycles. The van der Waals surface area contributed by atoms with Gasteiger partial charge in [0.15, 0.2) is 11.7 Å². The SMILES string of the molecule is CC(C)C[C@H](NC(C)(C)C)C(=O)N[C@H](CO)C(=O)NCC(=O)N[C@H](CCCNC(=N)N)C(=O)N[C@@H](CO)C(=O)N[C@H](CC(=O)O)C(=O)N[C@@H](CC(N)=O)C(=O)N[C@H](Cc1c[nH]cn1)C(=O)C(C)(C)C. The Balaban J connectivity index is 3.23. The molecule has 0 radical (unpaired) electrons. The van der Waals surface area contributed by atoms with Crippen molar-refractivity contribution in [2.45, 2.75) is 142 Å². The van der Waals surface area contributed by atoms with Gasteiger partial charge in [0.05, 0.1) is 56.7 Å². The van der Waals surface area contributed by atoms with Crippen molar-refractivity contribution in [3.63, 3.8) is 0 Å². The van der Waals surface area contributed by atoms with Crippen LogP contribution in [0.5, 0.6) is 0 Å². The van der Waals surface area contributed by atoms with E-state index in [0.717, 1.165) is 0 Å². The van der Waals surface area contributed by atoms with Gasteiger partial charge in [0.25, 0.3) is 0 Å². The fraction of sp³-hybridized carbons (Fsp3) is 0.667. The summed E-state index contributed by atoms with van der Waals surface area (Å²) in [6.07, 6.45) is 1.11. The normalized spacial score (nSPS) is 14.5. The molecule has 0 aromatic carbocycles. The predicted octanol–water partition coefficient (Wildman–Crippen LogP) is -5.01. The summed E-state index contributed by atoms with van der Waals surface area (Å²) in [5.74, 6) is -10.7. The molecule has 27 nitrogen and oxygen atoms in total. The first-order valence-electron chi connectivity index (χ1n) is 22.2. The molecule has 1 aromatic heterocycles. The first kappa shape index (κ1) is 60.3. The minimum absolute atomic E-state index is 0.0355. The molecular weight excluding hydrogens is 909 g/mol. The lowest BCUT2D eigenvalue weighted by atomic mass is 9.84. The van der Waals surface area contributed by atoms with Crippen molar-refractivity contribution in [2.75, 3.05) is 26.3 Å². The molecule has 0 bridgehead atoms. The van der Waals surface area contributed by atoms with Crippen LogP contribution in [0.3, 0.4) is 0 Å². The number of nitrogens with one attached hydrogen (secondary N) is 11. The van der Waals surface area contributed by atoms with E-state index in [9.17, 15) is 63.3 Å². The molecule has 0 aliphatic heterocycles. The van der Waals surface area contributed by atoms with Crippen LogP contribution in [0.25, 0.3) is 0 Å². The van der Waals surface area contributed by atoms with Crippen LogP contribution in [0, 0.1) is 16.7 Å². The second-order valence-corrected chi connectivity index (χ2v) is 18.7. The van der Waals surface area contributed by atoms with Gasteiger partial charge in [-0.05, 0) is 46.0 Å². The Kier molecular flexibility index (Phi) is 24.9. The van der Waals surface area contributed by atoms with Gasteiger partial charge in [0.1, 0.15) is 30.2 Å². The van der Waals surface area contributed by atoms with Crippen LogP contribution in [0.4, 0.5) is 0 Å². The molecule has 7 atom stereocenters. The zero-order chi connectivity index (χ0) is 52.8. The van der Waals surface area contributed by atoms with Crippen molar-refractivity contribution >= 4 is 65.0 Å². The van der Waals surface area contributed by atoms with Gasteiger partial charge in [-0.15, -0.1) is 0 Å². The van der Waals surface area contributed by atoms with Crippen LogP contribution >= 0.6 is 0 Å². The van der Waals surface area contributed by atoms with E-state index in [1.165, 1.54) is 12.5 Å². The molecule has 0 spiro atoms. The second kappa shape index (κ2) is 28.6. The maximum Gasteiger partial charge on any atom is 0.305 e. The Bertz CT molecular complexity index is 1950. The number of Topliss-reactive ketones (excluding diaryl/α,β-unsaturated/α-hetero) is 1. The summed E-state index contributed by atoms with van der Waals surface area (Å²) in [7, 11) is 0. The highest BCUT2D eigenvalue weighted by atomic mass is 16.4. The van der Waals surface area contributed by atoms with Crippen LogP contribution < -0.4 is 59.3 Å². The molecule has 69 heavy (non-hydrogen) atoms. The number of carbonyl (C=O) groups excluding carboxylic acids is 9. The summed E-state index contributed by atoms with van der Waals surface area (Å²) in [4.78, 5) is 137. The molecule has 0 aliphatic rings. The zero-order valence-corrected chi connectivity index (χ0v) is 40.4.